The molecule has 11 rings (SSSR count). The maximum absolute atomic E-state index is 10.6. The second-order valence-electron chi connectivity index (χ2n) is 14.0. The van der Waals surface area contributed by atoms with Crippen LogP contribution in [0.1, 0.15) is 5.56 Å². The van der Waals surface area contributed by atoms with Gasteiger partial charge in [-0.05, 0) is 83.7 Å². The van der Waals surface area contributed by atoms with Crippen molar-refractivity contribution in [1.29, 1.82) is 5.26 Å². The first-order chi connectivity index (χ1) is 27.2. The first kappa shape index (κ1) is 30.7. The maximum atomic E-state index is 10.6. The lowest BCUT2D eigenvalue weighted by molar-refractivity contribution is 1.15. The molecular formula is C50H29N5. The summed E-state index contributed by atoms with van der Waals surface area (Å²) in [7, 11) is 0. The van der Waals surface area contributed by atoms with Crippen LogP contribution in [0.4, 0.5) is 5.69 Å². The molecular weight excluding hydrogens is 671 g/mol. The molecule has 11 aromatic rings. The average molecular weight is 700 g/mol. The van der Waals surface area contributed by atoms with Crippen LogP contribution in [0.3, 0.4) is 0 Å². The van der Waals surface area contributed by atoms with Crippen molar-refractivity contribution in [1.82, 2.24) is 13.7 Å². The molecule has 0 aliphatic rings. The van der Waals surface area contributed by atoms with Gasteiger partial charge in [-0.15, -0.1) is 0 Å². The van der Waals surface area contributed by atoms with Crippen LogP contribution in [-0.2, 0) is 0 Å². The zero-order chi connectivity index (χ0) is 36.6. The smallest absolute Gasteiger partial charge is 0.188 e. The van der Waals surface area contributed by atoms with Crippen molar-refractivity contribution in [2.45, 2.75) is 0 Å². The van der Waals surface area contributed by atoms with E-state index in [2.05, 4.69) is 158 Å². The minimum Gasteiger partial charge on any atom is -0.309 e. The number of rotatable bonds is 4. The van der Waals surface area contributed by atoms with Gasteiger partial charge in [-0.2, -0.15) is 5.26 Å². The van der Waals surface area contributed by atoms with Gasteiger partial charge in [0.05, 0.1) is 57.0 Å². The highest BCUT2D eigenvalue weighted by Crippen LogP contribution is 2.41. The second kappa shape index (κ2) is 11.8. The molecule has 0 bridgehead atoms. The molecule has 0 spiro atoms. The molecule has 0 atom stereocenters. The Morgan fingerprint density at radius 3 is 1.58 bits per heavy atom. The van der Waals surface area contributed by atoms with Crippen molar-refractivity contribution in [3.05, 3.63) is 193 Å². The molecule has 0 aliphatic carbocycles. The Hall–Kier alpha value is -7.86. The van der Waals surface area contributed by atoms with Crippen molar-refractivity contribution in [3.63, 3.8) is 0 Å². The molecule has 3 aromatic heterocycles. The SMILES string of the molecule is [C-]#[N+]c1ccc2c(c1)c1ccccc1n2-c1cccc(C#N)c1-c1cccc(-n2c3ccccc3c3ccc(-n4c5ccccc5c5ccccc54)cc32)c1. The monoisotopic (exact) mass is 699 g/mol. The van der Waals surface area contributed by atoms with Crippen LogP contribution in [0.2, 0.25) is 0 Å². The summed E-state index contributed by atoms with van der Waals surface area (Å²) >= 11 is 0. The number of fused-ring (bicyclic) bond motifs is 9. The van der Waals surface area contributed by atoms with E-state index in [-0.39, 0.29) is 0 Å². The maximum Gasteiger partial charge on any atom is 0.188 e. The standard InChI is InChI=1S/C50H29N5/c1-52-34-24-27-47-42(29-34)40-18-5-9-22-46(40)55(47)48-23-11-13-33(31-51)50(48)32-12-10-14-35(28-32)54-45-21-8-4-17-39(45)41-26-25-36(30-49(41)54)53-43-19-6-2-15-37(43)38-16-3-7-20-44(38)53/h2-30H. The van der Waals surface area contributed by atoms with Gasteiger partial charge >= 0.3 is 0 Å². The highest BCUT2D eigenvalue weighted by Gasteiger charge is 2.20. The fourth-order valence-electron chi connectivity index (χ4n) is 8.79. The number of aromatic nitrogens is 3. The second-order valence-corrected chi connectivity index (χ2v) is 14.0. The first-order valence-electron chi connectivity index (χ1n) is 18.3. The van der Waals surface area contributed by atoms with E-state index in [1.165, 1.54) is 32.6 Å². The van der Waals surface area contributed by atoms with Gasteiger partial charge in [-0.3, -0.25) is 0 Å². The van der Waals surface area contributed by atoms with E-state index in [1.807, 2.05) is 42.5 Å². The normalized spacial score (nSPS) is 11.6. The Kier molecular flexibility index (Phi) is 6.61. The Labute approximate surface area is 316 Å². The van der Waals surface area contributed by atoms with E-state index in [9.17, 15) is 5.26 Å². The van der Waals surface area contributed by atoms with Crippen molar-refractivity contribution >= 4 is 71.1 Å². The van der Waals surface area contributed by atoms with E-state index in [4.69, 9.17) is 6.57 Å². The molecule has 55 heavy (non-hydrogen) atoms. The molecule has 0 N–H and O–H groups in total. The quantitative estimate of drug-likeness (QED) is 0.169. The van der Waals surface area contributed by atoms with Gasteiger partial charge < -0.3 is 13.7 Å². The lowest BCUT2D eigenvalue weighted by Gasteiger charge is -2.17. The van der Waals surface area contributed by atoms with Gasteiger partial charge in [0.1, 0.15) is 0 Å². The van der Waals surface area contributed by atoms with Gasteiger partial charge in [0, 0.05) is 43.9 Å². The molecule has 5 heteroatoms. The van der Waals surface area contributed by atoms with E-state index < -0.39 is 0 Å². The van der Waals surface area contributed by atoms with E-state index in [1.54, 1.807) is 0 Å². The topological polar surface area (TPSA) is 42.9 Å². The summed E-state index contributed by atoms with van der Waals surface area (Å²) in [6, 6.07) is 63.8. The predicted molar refractivity (Wildman–Crippen MR) is 226 cm³/mol. The highest BCUT2D eigenvalue weighted by molar-refractivity contribution is 6.13. The minimum absolute atomic E-state index is 0.592. The Morgan fingerprint density at radius 2 is 0.945 bits per heavy atom. The van der Waals surface area contributed by atoms with Crippen LogP contribution in [0.5, 0.6) is 0 Å². The van der Waals surface area contributed by atoms with Crippen molar-refractivity contribution < 1.29 is 0 Å². The van der Waals surface area contributed by atoms with E-state index >= 15 is 0 Å². The zero-order valence-corrected chi connectivity index (χ0v) is 29.5. The van der Waals surface area contributed by atoms with Gasteiger partial charge in [0.2, 0.25) is 0 Å². The third kappa shape index (κ3) is 4.45. The van der Waals surface area contributed by atoms with Crippen molar-refractivity contribution in [2.75, 3.05) is 0 Å². The van der Waals surface area contributed by atoms with E-state index in [0.717, 1.165) is 61.0 Å². The molecule has 0 fully saturated rings. The number of para-hydroxylation sites is 4. The predicted octanol–water partition coefficient (Wildman–Crippen LogP) is 13.1. The first-order valence-corrected chi connectivity index (χ1v) is 18.3. The van der Waals surface area contributed by atoms with E-state index in [0.29, 0.717) is 11.3 Å². The van der Waals surface area contributed by atoms with Crippen LogP contribution in [0.15, 0.2) is 176 Å². The molecule has 0 saturated heterocycles. The molecule has 3 heterocycles. The summed E-state index contributed by atoms with van der Waals surface area (Å²) < 4.78 is 6.96. The largest absolute Gasteiger partial charge is 0.309 e. The summed E-state index contributed by atoms with van der Waals surface area (Å²) in [5.74, 6) is 0. The molecule has 0 radical (unpaired) electrons. The molecule has 0 amide bonds. The summed E-state index contributed by atoms with van der Waals surface area (Å²) in [5, 5.41) is 17.5. The highest BCUT2D eigenvalue weighted by atomic mass is 15.0. The third-order valence-corrected chi connectivity index (χ3v) is 11.1. The minimum atomic E-state index is 0.592. The van der Waals surface area contributed by atoms with Crippen LogP contribution in [0, 0.1) is 17.9 Å². The molecule has 0 unspecified atom stereocenters. The van der Waals surface area contributed by atoms with Gasteiger partial charge in [0.15, 0.2) is 5.69 Å². The van der Waals surface area contributed by atoms with Crippen LogP contribution in [-0.4, -0.2) is 13.7 Å². The number of nitrogens with zero attached hydrogens (tertiary/aromatic N) is 5. The molecule has 254 valence electrons. The molecule has 0 saturated carbocycles. The van der Waals surface area contributed by atoms with Gasteiger partial charge in [0.25, 0.3) is 0 Å². The number of hydrogen-bond donors (Lipinski definition) is 0. The number of hydrogen-bond acceptors (Lipinski definition) is 1. The van der Waals surface area contributed by atoms with Gasteiger partial charge in [-0.1, -0.05) is 103 Å². The zero-order valence-electron chi connectivity index (χ0n) is 29.5. The Balaban J connectivity index is 1.16. The summed E-state index contributed by atoms with van der Waals surface area (Å²) in [6.45, 7) is 7.67. The lowest BCUT2D eigenvalue weighted by atomic mass is 9.97. The summed E-state index contributed by atoms with van der Waals surface area (Å²) in [5.41, 5.74) is 12.6. The Bertz CT molecular complexity index is 3420. The number of benzene rings is 8. The molecule has 0 aliphatic heterocycles. The average Bonchev–Trinajstić information content (AvgIpc) is 3.88. The van der Waals surface area contributed by atoms with Gasteiger partial charge in [-0.25, -0.2) is 4.85 Å². The fraction of sp³-hybridized carbons (Fsp3) is 0. The van der Waals surface area contributed by atoms with Crippen LogP contribution >= 0.6 is 0 Å². The molecule has 5 nitrogen and oxygen atoms in total. The van der Waals surface area contributed by atoms with Crippen LogP contribution in [0.25, 0.3) is 98.5 Å². The third-order valence-electron chi connectivity index (χ3n) is 11.1. The lowest BCUT2D eigenvalue weighted by Crippen LogP contribution is -2.01. The number of nitriles is 1. The Morgan fingerprint density at radius 1 is 0.418 bits per heavy atom. The van der Waals surface area contributed by atoms with Crippen molar-refractivity contribution in [3.8, 4) is 34.3 Å². The summed E-state index contributed by atoms with van der Waals surface area (Å²) in [4.78, 5) is 3.72. The summed E-state index contributed by atoms with van der Waals surface area (Å²) in [6.07, 6.45) is 0. The van der Waals surface area contributed by atoms with Crippen molar-refractivity contribution in [2.24, 2.45) is 0 Å². The molecule has 8 aromatic carbocycles. The van der Waals surface area contributed by atoms with Crippen LogP contribution < -0.4 is 0 Å². The fourth-order valence-corrected chi connectivity index (χ4v) is 8.79.